The Morgan fingerprint density at radius 1 is 1.64 bits per heavy atom. The normalized spacial score (nSPS) is 14.2. The molecule has 0 aromatic carbocycles. The molecule has 0 amide bonds. The molecule has 74 valence electrons. The van der Waals surface area contributed by atoms with E-state index in [-0.39, 0.29) is 11.5 Å². The van der Waals surface area contributed by atoms with Crippen LogP contribution in [0.4, 0.5) is 0 Å². The number of aliphatic imine (C=N–C) groups is 1. The zero-order valence-corrected chi connectivity index (χ0v) is 8.69. The molecule has 1 aromatic heterocycles. The van der Waals surface area contributed by atoms with Gasteiger partial charge in [-0.05, 0) is 0 Å². The summed E-state index contributed by atoms with van der Waals surface area (Å²) < 4.78 is 10.2. The average molecular weight is 191 g/mol. The fraction of sp³-hybridized carbons (Fsp3) is 0.556. The van der Waals surface area contributed by atoms with Crippen LogP contribution in [-0.4, -0.2) is 23.2 Å². The molecule has 0 aliphatic heterocycles. The van der Waals surface area contributed by atoms with Gasteiger partial charge in [-0.15, -0.1) is 0 Å². The van der Waals surface area contributed by atoms with E-state index < -0.39 is 0 Å². The fourth-order valence-corrected chi connectivity index (χ4v) is 1.25. The number of imidazole rings is 1. The third kappa shape index (κ3) is 2.62. The van der Waals surface area contributed by atoms with E-state index in [9.17, 15) is 4.70 Å². The molecule has 1 rings (SSSR count). The molecule has 0 aliphatic rings. The molecule has 0 saturated carbocycles. The molecule has 4 nitrogen and oxygen atoms in total. The molecule has 5 heteroatoms. The Balaban J connectivity index is 2.94. The van der Waals surface area contributed by atoms with Crippen molar-refractivity contribution in [3.05, 3.63) is 18.2 Å². The SMILES string of the molecule is CC(C)(C)[C@H](N=CB=O)c1ncc[nH]1. The van der Waals surface area contributed by atoms with E-state index in [1.54, 1.807) is 12.4 Å². The van der Waals surface area contributed by atoms with Gasteiger partial charge in [-0.2, -0.15) is 0 Å². The first-order valence-corrected chi connectivity index (χ1v) is 4.52. The molecule has 1 atom stereocenters. The van der Waals surface area contributed by atoms with Crippen molar-refractivity contribution in [3.63, 3.8) is 0 Å². The molecule has 0 fully saturated rings. The van der Waals surface area contributed by atoms with Crippen LogP contribution in [0.2, 0.25) is 0 Å². The maximum absolute atomic E-state index is 10.2. The number of hydrogen-bond donors (Lipinski definition) is 1. The molecule has 0 unspecified atom stereocenters. The molecule has 1 heterocycles. The van der Waals surface area contributed by atoms with Crippen molar-refractivity contribution in [1.29, 1.82) is 0 Å². The zero-order chi connectivity index (χ0) is 10.6. The minimum absolute atomic E-state index is 0.0582. The monoisotopic (exact) mass is 191 g/mol. The number of rotatable bonds is 3. The topological polar surface area (TPSA) is 58.1 Å². The Hall–Kier alpha value is -1.26. The van der Waals surface area contributed by atoms with Gasteiger partial charge in [0.05, 0.1) is 0 Å². The second-order valence-electron chi connectivity index (χ2n) is 4.18. The van der Waals surface area contributed by atoms with E-state index in [1.807, 2.05) is 0 Å². The molecule has 0 bridgehead atoms. The Labute approximate surface area is 84.1 Å². The van der Waals surface area contributed by atoms with Crippen LogP contribution in [0.5, 0.6) is 0 Å². The Morgan fingerprint density at radius 2 is 2.36 bits per heavy atom. The van der Waals surface area contributed by atoms with Crippen molar-refractivity contribution >= 4 is 13.3 Å². The van der Waals surface area contributed by atoms with Gasteiger partial charge < -0.3 is 0 Å². The first-order chi connectivity index (χ1) is 6.55. The van der Waals surface area contributed by atoms with Gasteiger partial charge in [0, 0.05) is 0 Å². The van der Waals surface area contributed by atoms with Gasteiger partial charge >= 0.3 is 83.4 Å². The second-order valence-corrected chi connectivity index (χ2v) is 4.18. The van der Waals surface area contributed by atoms with Crippen LogP contribution in [-0.2, 0) is 4.70 Å². The van der Waals surface area contributed by atoms with Gasteiger partial charge in [0.1, 0.15) is 0 Å². The summed E-state index contributed by atoms with van der Waals surface area (Å²) in [6.07, 6.45) is 4.72. The van der Waals surface area contributed by atoms with Crippen molar-refractivity contribution < 1.29 is 4.70 Å². The van der Waals surface area contributed by atoms with Crippen molar-refractivity contribution in [2.45, 2.75) is 26.8 Å². The summed E-state index contributed by atoms with van der Waals surface area (Å²) in [7, 11) is 0.682. The van der Waals surface area contributed by atoms with Gasteiger partial charge in [-0.1, -0.05) is 0 Å². The summed E-state index contributed by atoms with van der Waals surface area (Å²) >= 11 is 0. The third-order valence-electron chi connectivity index (χ3n) is 1.89. The summed E-state index contributed by atoms with van der Waals surface area (Å²) in [4.78, 5) is 11.3. The van der Waals surface area contributed by atoms with E-state index in [0.717, 1.165) is 5.82 Å². The molecule has 0 saturated heterocycles. The first-order valence-electron chi connectivity index (χ1n) is 4.52. The van der Waals surface area contributed by atoms with Crippen LogP contribution in [0.15, 0.2) is 17.4 Å². The predicted molar refractivity (Wildman–Crippen MR) is 55.7 cm³/mol. The van der Waals surface area contributed by atoms with Gasteiger partial charge in [-0.3, -0.25) is 0 Å². The minimum atomic E-state index is -0.109. The predicted octanol–water partition coefficient (Wildman–Crippen LogP) is 1.57. The van der Waals surface area contributed by atoms with Crippen LogP contribution in [0.3, 0.4) is 0 Å². The number of aromatic nitrogens is 2. The van der Waals surface area contributed by atoms with E-state index >= 15 is 0 Å². The molecule has 0 spiro atoms. The number of nitrogens with one attached hydrogen (secondary N) is 1. The number of aromatic amines is 1. The van der Waals surface area contributed by atoms with E-state index in [0.29, 0.717) is 7.15 Å². The standard InChI is InChI=1S/C9H14BN3O/c1-9(2,3)7(13-6-10-14)8-11-4-5-12-8/h4-7H,1-3H3,(H,11,12)/t7-/m1/s1. The van der Waals surface area contributed by atoms with Crippen LogP contribution < -0.4 is 0 Å². The van der Waals surface area contributed by atoms with Gasteiger partial charge in [0.15, 0.2) is 0 Å². The number of nitrogens with zero attached hydrogens (tertiary/aromatic N) is 2. The quantitative estimate of drug-likeness (QED) is 0.582. The third-order valence-corrected chi connectivity index (χ3v) is 1.89. The molecule has 1 N–H and O–H groups in total. The Bertz CT molecular complexity index is 313. The van der Waals surface area contributed by atoms with Gasteiger partial charge in [-0.25, -0.2) is 0 Å². The molecular formula is C9H14BN3O. The zero-order valence-electron chi connectivity index (χ0n) is 8.69. The van der Waals surface area contributed by atoms with Crippen LogP contribution in [0.25, 0.3) is 0 Å². The molecule has 0 radical (unpaired) electrons. The van der Waals surface area contributed by atoms with Crippen molar-refractivity contribution in [3.8, 4) is 0 Å². The molecule has 14 heavy (non-hydrogen) atoms. The summed E-state index contributed by atoms with van der Waals surface area (Å²) in [6, 6.07) is -0.109. The molecule has 0 aliphatic carbocycles. The van der Waals surface area contributed by atoms with Gasteiger partial charge in [0.2, 0.25) is 0 Å². The second kappa shape index (κ2) is 4.31. The summed E-state index contributed by atoms with van der Waals surface area (Å²) in [6.45, 7) is 6.17. The number of hydrogen-bond acceptors (Lipinski definition) is 3. The Morgan fingerprint density at radius 3 is 2.79 bits per heavy atom. The summed E-state index contributed by atoms with van der Waals surface area (Å²) in [5, 5.41) is 0. The van der Waals surface area contributed by atoms with E-state index in [2.05, 4.69) is 35.7 Å². The Kier molecular flexibility index (Phi) is 3.33. The molecule has 1 aromatic rings. The van der Waals surface area contributed by atoms with Crippen molar-refractivity contribution in [2.75, 3.05) is 0 Å². The van der Waals surface area contributed by atoms with Crippen molar-refractivity contribution in [2.24, 2.45) is 10.4 Å². The van der Waals surface area contributed by atoms with Crippen LogP contribution in [0, 0.1) is 5.41 Å². The van der Waals surface area contributed by atoms with E-state index in [1.165, 1.54) is 6.11 Å². The van der Waals surface area contributed by atoms with Crippen LogP contribution in [0.1, 0.15) is 32.6 Å². The first kappa shape index (κ1) is 10.8. The maximum atomic E-state index is 10.2. The number of H-pyrrole nitrogens is 1. The van der Waals surface area contributed by atoms with Gasteiger partial charge in [0.25, 0.3) is 0 Å². The average Bonchev–Trinajstić information content (AvgIpc) is 2.55. The van der Waals surface area contributed by atoms with E-state index in [4.69, 9.17) is 0 Å². The van der Waals surface area contributed by atoms with Crippen molar-refractivity contribution in [1.82, 2.24) is 9.97 Å². The fourth-order valence-electron chi connectivity index (χ4n) is 1.25. The summed E-state index contributed by atoms with van der Waals surface area (Å²) in [5.74, 6) is 0.788. The summed E-state index contributed by atoms with van der Waals surface area (Å²) in [5.41, 5.74) is -0.0582. The molecular weight excluding hydrogens is 177 g/mol. The van der Waals surface area contributed by atoms with Crippen LogP contribution >= 0.6 is 0 Å².